The van der Waals surface area contributed by atoms with Gasteiger partial charge in [-0.1, -0.05) is 6.58 Å². The second-order valence-corrected chi connectivity index (χ2v) is 7.55. The average Bonchev–Trinajstić information content (AvgIpc) is 2.34. The molecule has 0 saturated carbocycles. The molecule has 1 heterocycles. The van der Waals surface area contributed by atoms with E-state index in [0.717, 1.165) is 23.7 Å². The summed E-state index contributed by atoms with van der Waals surface area (Å²) in [5, 5.41) is 0. The summed E-state index contributed by atoms with van der Waals surface area (Å²) in [6.07, 6.45) is 2.46. The Kier molecular flexibility index (Phi) is 7.51. The smallest absolute Gasteiger partial charge is 0.333 e. The van der Waals surface area contributed by atoms with E-state index in [-0.39, 0.29) is 19.0 Å². The van der Waals surface area contributed by atoms with E-state index in [1.54, 1.807) is 18.7 Å². The van der Waals surface area contributed by atoms with Crippen molar-refractivity contribution in [1.82, 2.24) is 0 Å². The number of carbonyl (C=O) groups excluding carboxylic acids is 2. The molecule has 4 nitrogen and oxygen atoms in total. The molecule has 1 saturated heterocycles. The first-order valence-electron chi connectivity index (χ1n) is 6.69. The fraction of sp³-hybridized carbons (Fsp3) is 0.714. The molecule has 1 unspecified atom stereocenters. The molecule has 0 spiro atoms. The van der Waals surface area contributed by atoms with Gasteiger partial charge in [0.25, 0.3) is 0 Å². The normalized spacial score (nSPS) is 23.3. The lowest BCUT2D eigenvalue weighted by atomic mass is 10.3. The lowest BCUT2D eigenvalue weighted by molar-refractivity contribution is -0.152. The number of hydrogen-bond donors (Lipinski definition) is 0. The van der Waals surface area contributed by atoms with Crippen molar-refractivity contribution in [3.8, 4) is 0 Å². The zero-order valence-electron chi connectivity index (χ0n) is 12.1. The molecule has 1 aliphatic rings. The Morgan fingerprint density at radius 2 is 2.00 bits per heavy atom. The number of rotatable bonds is 5. The van der Waals surface area contributed by atoms with E-state index < -0.39 is 10.9 Å². The molecule has 1 fully saturated rings. The first kappa shape index (κ1) is 17.4. The molecule has 0 aliphatic carbocycles. The van der Waals surface area contributed by atoms with Crippen LogP contribution in [0.4, 0.5) is 0 Å². The molecule has 6 heteroatoms. The van der Waals surface area contributed by atoms with E-state index in [2.05, 4.69) is 6.58 Å². The van der Waals surface area contributed by atoms with Gasteiger partial charge in [0.15, 0.2) is 4.93 Å². The first-order chi connectivity index (χ1) is 9.43. The summed E-state index contributed by atoms with van der Waals surface area (Å²) in [5.41, 5.74) is 0.331. The summed E-state index contributed by atoms with van der Waals surface area (Å²) in [6, 6.07) is 0. The van der Waals surface area contributed by atoms with E-state index in [1.165, 1.54) is 6.42 Å². The van der Waals surface area contributed by atoms with Gasteiger partial charge in [-0.05, 0) is 38.2 Å². The largest absolute Gasteiger partial charge is 0.462 e. The Morgan fingerprint density at radius 3 is 2.70 bits per heavy atom. The molecule has 1 rings (SSSR count). The molecule has 0 aromatic heterocycles. The Hall–Kier alpha value is -0.620. The topological polar surface area (TPSA) is 52.6 Å². The Bertz CT molecular complexity index is 360. The van der Waals surface area contributed by atoms with Crippen LogP contribution in [0, 0.1) is 0 Å². The molecule has 0 radical (unpaired) electrons. The van der Waals surface area contributed by atoms with E-state index in [0.29, 0.717) is 5.57 Å². The second kappa shape index (κ2) is 8.62. The highest BCUT2D eigenvalue weighted by Crippen LogP contribution is 2.34. The Morgan fingerprint density at radius 1 is 1.30 bits per heavy atom. The number of thioether (sulfide) groups is 2. The van der Waals surface area contributed by atoms with Crippen LogP contribution in [0.2, 0.25) is 0 Å². The van der Waals surface area contributed by atoms with Gasteiger partial charge in [0.1, 0.15) is 6.61 Å². The van der Waals surface area contributed by atoms with E-state index in [1.807, 2.05) is 18.7 Å². The minimum absolute atomic E-state index is 0.0401. The van der Waals surface area contributed by atoms with Crippen LogP contribution in [0.25, 0.3) is 0 Å². The predicted octanol–water partition coefficient (Wildman–Crippen LogP) is 3.02. The molecule has 20 heavy (non-hydrogen) atoms. The van der Waals surface area contributed by atoms with Crippen LogP contribution in [0.5, 0.6) is 0 Å². The third-order valence-electron chi connectivity index (χ3n) is 2.67. The summed E-state index contributed by atoms with van der Waals surface area (Å²) in [6.45, 7) is 7.05. The highest BCUT2D eigenvalue weighted by molar-refractivity contribution is 8.03. The summed E-state index contributed by atoms with van der Waals surface area (Å²) in [5.74, 6) is 2.13. The summed E-state index contributed by atoms with van der Waals surface area (Å²) in [4.78, 5) is 22.5. The molecule has 114 valence electrons. The third kappa shape index (κ3) is 6.70. The zero-order chi connectivity index (χ0) is 15.0. The van der Waals surface area contributed by atoms with Gasteiger partial charge in [-0.15, -0.1) is 11.8 Å². The average molecular weight is 318 g/mol. The SMILES string of the molecule is C=C(C)C(=O)OCCC(=O)OC1(C)CSCCCCS1. The molecular weight excluding hydrogens is 296 g/mol. The van der Waals surface area contributed by atoms with Gasteiger partial charge in [0.2, 0.25) is 0 Å². The van der Waals surface area contributed by atoms with Gasteiger partial charge in [0.05, 0.1) is 6.42 Å². The van der Waals surface area contributed by atoms with Crippen LogP contribution < -0.4 is 0 Å². The molecule has 0 N–H and O–H groups in total. The molecular formula is C14H22O4S2. The molecule has 0 aromatic rings. The monoisotopic (exact) mass is 318 g/mol. The Labute approximate surface area is 129 Å². The van der Waals surface area contributed by atoms with Crippen molar-refractivity contribution in [3.05, 3.63) is 12.2 Å². The quantitative estimate of drug-likeness (QED) is 0.574. The molecule has 0 amide bonds. The summed E-state index contributed by atoms with van der Waals surface area (Å²) >= 11 is 3.50. The minimum atomic E-state index is -0.472. The number of esters is 2. The summed E-state index contributed by atoms with van der Waals surface area (Å²) < 4.78 is 10.4. The van der Waals surface area contributed by atoms with Crippen LogP contribution >= 0.6 is 23.5 Å². The fourth-order valence-corrected chi connectivity index (χ4v) is 4.09. The third-order valence-corrected chi connectivity index (χ3v) is 5.52. The highest BCUT2D eigenvalue weighted by Gasteiger charge is 2.30. The van der Waals surface area contributed by atoms with Crippen molar-refractivity contribution in [2.45, 2.75) is 38.0 Å². The Balaban J connectivity index is 2.32. The lowest BCUT2D eigenvalue weighted by Gasteiger charge is -2.30. The standard InChI is InChI=1S/C14H22O4S2/c1-11(2)13(16)17-7-6-12(15)18-14(3)10-19-8-4-5-9-20-14/h1,4-10H2,2-3H3. The van der Waals surface area contributed by atoms with Crippen LogP contribution in [0.1, 0.15) is 33.1 Å². The van der Waals surface area contributed by atoms with E-state index in [4.69, 9.17) is 9.47 Å². The highest BCUT2D eigenvalue weighted by atomic mass is 32.2. The zero-order valence-corrected chi connectivity index (χ0v) is 13.7. The molecule has 1 aliphatic heterocycles. The second-order valence-electron chi connectivity index (χ2n) is 4.88. The van der Waals surface area contributed by atoms with Crippen molar-refractivity contribution in [2.75, 3.05) is 23.9 Å². The van der Waals surface area contributed by atoms with Crippen molar-refractivity contribution in [1.29, 1.82) is 0 Å². The van der Waals surface area contributed by atoms with Crippen molar-refractivity contribution < 1.29 is 19.1 Å². The van der Waals surface area contributed by atoms with Crippen LogP contribution in [-0.2, 0) is 19.1 Å². The molecule has 0 aromatic carbocycles. The fourth-order valence-electron chi connectivity index (χ4n) is 1.59. The van der Waals surface area contributed by atoms with Crippen molar-refractivity contribution in [2.24, 2.45) is 0 Å². The number of ether oxygens (including phenoxy) is 2. The van der Waals surface area contributed by atoms with Crippen LogP contribution in [0.3, 0.4) is 0 Å². The van der Waals surface area contributed by atoms with Gasteiger partial charge in [-0.3, -0.25) is 4.79 Å². The lowest BCUT2D eigenvalue weighted by Crippen LogP contribution is -2.32. The maximum absolute atomic E-state index is 11.8. The van der Waals surface area contributed by atoms with Gasteiger partial charge in [-0.25, -0.2) is 4.79 Å². The predicted molar refractivity (Wildman–Crippen MR) is 83.9 cm³/mol. The first-order valence-corrected chi connectivity index (χ1v) is 8.83. The van der Waals surface area contributed by atoms with Crippen LogP contribution in [-0.4, -0.2) is 40.7 Å². The van der Waals surface area contributed by atoms with Gasteiger partial charge in [0, 0.05) is 11.3 Å². The maximum atomic E-state index is 11.8. The maximum Gasteiger partial charge on any atom is 0.333 e. The molecule has 0 bridgehead atoms. The summed E-state index contributed by atoms with van der Waals surface area (Å²) in [7, 11) is 0. The van der Waals surface area contributed by atoms with Gasteiger partial charge in [-0.2, -0.15) is 11.8 Å². The van der Waals surface area contributed by atoms with E-state index >= 15 is 0 Å². The van der Waals surface area contributed by atoms with Crippen molar-refractivity contribution in [3.63, 3.8) is 0 Å². The van der Waals surface area contributed by atoms with Crippen LogP contribution in [0.15, 0.2) is 12.2 Å². The number of hydrogen-bond acceptors (Lipinski definition) is 6. The molecule has 1 atom stereocenters. The van der Waals surface area contributed by atoms with E-state index in [9.17, 15) is 9.59 Å². The van der Waals surface area contributed by atoms with Crippen molar-refractivity contribution >= 4 is 35.5 Å². The van der Waals surface area contributed by atoms with Gasteiger partial charge >= 0.3 is 11.9 Å². The van der Waals surface area contributed by atoms with Gasteiger partial charge < -0.3 is 9.47 Å². The number of carbonyl (C=O) groups is 2. The minimum Gasteiger partial charge on any atom is -0.462 e.